The normalized spacial score (nSPS) is 10.7. The summed E-state index contributed by atoms with van der Waals surface area (Å²) in [5.41, 5.74) is -0.171. The Morgan fingerprint density at radius 1 is 1.11 bits per heavy atom. The Morgan fingerprint density at radius 3 is 2.19 bits per heavy atom. The van der Waals surface area contributed by atoms with Crippen LogP contribution < -0.4 is 5.32 Å². The summed E-state index contributed by atoms with van der Waals surface area (Å²) in [5.74, 6) is -1.02. The van der Waals surface area contributed by atoms with Gasteiger partial charge in [-0.05, 0) is 19.8 Å². The number of hydrogen-bond acceptors (Lipinski definition) is 5. The predicted molar refractivity (Wildman–Crippen MR) is 103 cm³/mol. The second-order valence-electron chi connectivity index (χ2n) is 7.14. The van der Waals surface area contributed by atoms with E-state index in [4.69, 9.17) is 4.74 Å². The summed E-state index contributed by atoms with van der Waals surface area (Å²) in [6, 6.07) is -0.478. The molecule has 4 amide bonds. The number of nitrogens with zero attached hydrogens (tertiary/aromatic N) is 2. The van der Waals surface area contributed by atoms with Crippen LogP contribution in [0.2, 0.25) is 0 Å². The number of urea groups is 1. The minimum atomic E-state index is -0.565. The summed E-state index contributed by atoms with van der Waals surface area (Å²) >= 11 is 0. The van der Waals surface area contributed by atoms with Crippen LogP contribution >= 0.6 is 0 Å². The molecule has 0 heterocycles. The molecule has 0 aromatic rings. The van der Waals surface area contributed by atoms with Crippen molar-refractivity contribution in [3.8, 4) is 0 Å². The van der Waals surface area contributed by atoms with Gasteiger partial charge < -0.3 is 15.0 Å². The standard InChI is InChI=1S/C19H33N3O5/c1-8-19(5,6)17(25)20-10-9-11-21(7)18(26)22(15(4)23)12-13-27-16(24)14(2)3/h2,8-13H2,1,3-7H3,(H,20,25). The van der Waals surface area contributed by atoms with Crippen molar-refractivity contribution in [1.29, 1.82) is 0 Å². The fourth-order valence-electron chi connectivity index (χ4n) is 1.96. The molecule has 0 spiro atoms. The SMILES string of the molecule is C=C(C)C(=O)OCCN(C(C)=O)C(=O)N(C)CCCNC(=O)C(C)(C)CC. The summed E-state index contributed by atoms with van der Waals surface area (Å²) in [7, 11) is 1.58. The van der Waals surface area contributed by atoms with Gasteiger partial charge in [0.15, 0.2) is 0 Å². The van der Waals surface area contributed by atoms with Gasteiger partial charge in [0.25, 0.3) is 0 Å². The highest BCUT2D eigenvalue weighted by molar-refractivity contribution is 5.93. The number of imide groups is 1. The van der Waals surface area contributed by atoms with Gasteiger partial charge in [-0.3, -0.25) is 14.5 Å². The molecular weight excluding hydrogens is 350 g/mol. The van der Waals surface area contributed by atoms with Gasteiger partial charge in [0.05, 0.1) is 6.54 Å². The number of carbonyl (C=O) groups is 4. The molecule has 0 fully saturated rings. The van der Waals surface area contributed by atoms with Crippen LogP contribution in [0.15, 0.2) is 12.2 Å². The van der Waals surface area contributed by atoms with E-state index in [1.165, 1.54) is 18.7 Å². The van der Waals surface area contributed by atoms with Gasteiger partial charge in [0, 0.05) is 38.0 Å². The molecule has 1 N–H and O–H groups in total. The first-order valence-corrected chi connectivity index (χ1v) is 9.08. The molecular formula is C19H33N3O5. The highest BCUT2D eigenvalue weighted by Crippen LogP contribution is 2.19. The topological polar surface area (TPSA) is 96.0 Å². The van der Waals surface area contributed by atoms with Gasteiger partial charge in [-0.25, -0.2) is 9.59 Å². The van der Waals surface area contributed by atoms with Crippen LogP contribution in [0.1, 0.15) is 47.5 Å². The lowest BCUT2D eigenvalue weighted by Crippen LogP contribution is -2.46. The first-order valence-electron chi connectivity index (χ1n) is 9.08. The fourth-order valence-corrected chi connectivity index (χ4v) is 1.96. The highest BCUT2D eigenvalue weighted by Gasteiger charge is 2.25. The summed E-state index contributed by atoms with van der Waals surface area (Å²) in [5, 5.41) is 2.85. The van der Waals surface area contributed by atoms with Gasteiger partial charge >= 0.3 is 12.0 Å². The number of amides is 4. The van der Waals surface area contributed by atoms with Crippen LogP contribution in [0.25, 0.3) is 0 Å². The van der Waals surface area contributed by atoms with Crippen molar-refractivity contribution < 1.29 is 23.9 Å². The maximum atomic E-state index is 12.4. The Kier molecular flexibility index (Phi) is 10.4. The fraction of sp³-hybridized carbons (Fsp3) is 0.684. The molecule has 0 rings (SSSR count). The zero-order chi connectivity index (χ0) is 21.2. The molecule has 8 heteroatoms. The van der Waals surface area contributed by atoms with Gasteiger partial charge in [0.2, 0.25) is 11.8 Å². The molecule has 154 valence electrons. The van der Waals surface area contributed by atoms with Crippen LogP contribution in [0.4, 0.5) is 4.79 Å². The summed E-state index contributed by atoms with van der Waals surface area (Å²) < 4.78 is 4.93. The Bertz CT molecular complexity index is 572. The van der Waals surface area contributed by atoms with Crippen molar-refractivity contribution in [2.75, 3.05) is 33.3 Å². The minimum absolute atomic E-state index is 0.0244. The minimum Gasteiger partial charge on any atom is -0.460 e. The molecule has 0 atom stereocenters. The van der Waals surface area contributed by atoms with E-state index in [-0.39, 0.29) is 24.6 Å². The lowest BCUT2D eigenvalue weighted by Gasteiger charge is -2.26. The third kappa shape index (κ3) is 8.70. The molecule has 0 saturated heterocycles. The van der Waals surface area contributed by atoms with Crippen molar-refractivity contribution in [3.05, 3.63) is 12.2 Å². The second kappa shape index (κ2) is 11.4. The molecule has 0 aliphatic rings. The number of carbonyl (C=O) groups excluding carboxylic acids is 4. The van der Waals surface area contributed by atoms with E-state index in [2.05, 4.69) is 11.9 Å². The second-order valence-corrected chi connectivity index (χ2v) is 7.14. The van der Waals surface area contributed by atoms with Crippen molar-refractivity contribution in [2.45, 2.75) is 47.5 Å². The molecule has 8 nitrogen and oxygen atoms in total. The average Bonchev–Trinajstić information content (AvgIpc) is 2.60. The molecule has 0 radical (unpaired) electrons. The number of rotatable bonds is 10. The van der Waals surface area contributed by atoms with E-state index in [1.54, 1.807) is 7.05 Å². The quantitative estimate of drug-likeness (QED) is 0.353. The Morgan fingerprint density at radius 2 is 1.70 bits per heavy atom. The number of hydrogen-bond donors (Lipinski definition) is 1. The van der Waals surface area contributed by atoms with E-state index in [1.807, 2.05) is 20.8 Å². The van der Waals surface area contributed by atoms with Crippen LogP contribution in [-0.4, -0.2) is 66.9 Å². The van der Waals surface area contributed by atoms with E-state index in [9.17, 15) is 19.2 Å². The van der Waals surface area contributed by atoms with Gasteiger partial charge in [0.1, 0.15) is 6.61 Å². The zero-order valence-corrected chi connectivity index (χ0v) is 17.4. The smallest absolute Gasteiger partial charge is 0.333 e. The van der Waals surface area contributed by atoms with Crippen LogP contribution in [0, 0.1) is 5.41 Å². The summed E-state index contributed by atoms with van der Waals surface area (Å²) in [6.45, 7) is 12.7. The van der Waals surface area contributed by atoms with Gasteiger partial charge in [-0.2, -0.15) is 0 Å². The third-order valence-corrected chi connectivity index (χ3v) is 4.29. The Balaban J connectivity index is 4.44. The van der Waals surface area contributed by atoms with Crippen LogP contribution in [-0.2, 0) is 19.1 Å². The predicted octanol–water partition coefficient (Wildman–Crippen LogP) is 1.95. The Hall–Kier alpha value is -2.38. The lowest BCUT2D eigenvalue weighted by atomic mass is 9.89. The molecule has 0 saturated carbocycles. The van der Waals surface area contributed by atoms with Crippen molar-refractivity contribution in [3.63, 3.8) is 0 Å². The maximum Gasteiger partial charge on any atom is 0.333 e. The van der Waals surface area contributed by atoms with Gasteiger partial charge in [-0.1, -0.05) is 27.4 Å². The van der Waals surface area contributed by atoms with E-state index >= 15 is 0 Å². The van der Waals surface area contributed by atoms with E-state index in [0.717, 1.165) is 11.3 Å². The van der Waals surface area contributed by atoms with E-state index < -0.39 is 23.3 Å². The first-order chi connectivity index (χ1) is 12.4. The number of nitrogens with one attached hydrogen (secondary N) is 1. The number of esters is 1. The Labute approximate surface area is 161 Å². The largest absolute Gasteiger partial charge is 0.460 e. The van der Waals surface area contributed by atoms with Crippen molar-refractivity contribution in [2.24, 2.45) is 5.41 Å². The van der Waals surface area contributed by atoms with Crippen LogP contribution in [0.5, 0.6) is 0 Å². The third-order valence-electron chi connectivity index (χ3n) is 4.29. The molecule has 0 bridgehead atoms. The lowest BCUT2D eigenvalue weighted by molar-refractivity contribution is -0.140. The van der Waals surface area contributed by atoms with Crippen molar-refractivity contribution in [1.82, 2.24) is 15.1 Å². The monoisotopic (exact) mass is 383 g/mol. The molecule has 0 aromatic carbocycles. The van der Waals surface area contributed by atoms with Gasteiger partial charge in [-0.15, -0.1) is 0 Å². The number of ether oxygens (including phenoxy) is 1. The van der Waals surface area contributed by atoms with Crippen molar-refractivity contribution >= 4 is 23.8 Å². The molecule has 0 aliphatic heterocycles. The summed E-state index contributed by atoms with van der Waals surface area (Å²) in [6.07, 6.45) is 1.30. The molecule has 27 heavy (non-hydrogen) atoms. The van der Waals surface area contributed by atoms with E-state index in [0.29, 0.717) is 19.5 Å². The highest BCUT2D eigenvalue weighted by atomic mass is 16.5. The molecule has 0 aliphatic carbocycles. The summed E-state index contributed by atoms with van der Waals surface area (Å²) in [4.78, 5) is 49.9. The average molecular weight is 383 g/mol. The molecule has 0 aromatic heterocycles. The molecule has 0 unspecified atom stereocenters. The maximum absolute atomic E-state index is 12.4. The van der Waals surface area contributed by atoms with Crippen LogP contribution in [0.3, 0.4) is 0 Å². The zero-order valence-electron chi connectivity index (χ0n) is 17.4. The first kappa shape index (κ1) is 24.6.